The van der Waals surface area contributed by atoms with Crippen molar-refractivity contribution in [2.45, 2.75) is 82.4 Å². The molecule has 6 heteroatoms. The standard InChI is InChI=1S/C24H34O5S/c1-2-3-4-5-6-7-8-9-10-11-13-20-14-12-15-21(18-20)29-22-16-17-23(25)24(19-22)30(26,27)28/h12,14-19,25H,2-11,13H2,1H3,(H,26,27,28). The first-order valence-corrected chi connectivity index (χ1v) is 12.4. The predicted octanol–water partition coefficient (Wildman–Crippen LogP) is 6.89. The molecule has 0 atom stereocenters. The van der Waals surface area contributed by atoms with Gasteiger partial charge in [0.2, 0.25) is 0 Å². The number of hydrogen-bond donors (Lipinski definition) is 2. The van der Waals surface area contributed by atoms with E-state index in [2.05, 4.69) is 13.0 Å². The molecular formula is C24H34O5S. The molecule has 0 aliphatic carbocycles. The maximum absolute atomic E-state index is 11.3. The fourth-order valence-electron chi connectivity index (χ4n) is 3.48. The van der Waals surface area contributed by atoms with E-state index in [1.807, 2.05) is 12.1 Å². The number of benzene rings is 2. The maximum atomic E-state index is 11.3. The molecule has 30 heavy (non-hydrogen) atoms. The highest BCUT2D eigenvalue weighted by atomic mass is 32.2. The summed E-state index contributed by atoms with van der Waals surface area (Å²) in [5.41, 5.74) is 1.17. The average molecular weight is 435 g/mol. The summed E-state index contributed by atoms with van der Waals surface area (Å²) in [6.45, 7) is 2.24. The van der Waals surface area contributed by atoms with Gasteiger partial charge in [0.25, 0.3) is 10.1 Å². The molecule has 0 bridgehead atoms. The van der Waals surface area contributed by atoms with Gasteiger partial charge in [-0.1, -0.05) is 76.8 Å². The molecule has 5 nitrogen and oxygen atoms in total. The summed E-state index contributed by atoms with van der Waals surface area (Å²) >= 11 is 0. The Morgan fingerprint density at radius 1 is 0.800 bits per heavy atom. The first-order chi connectivity index (χ1) is 14.4. The molecule has 0 aliphatic rings. The van der Waals surface area contributed by atoms with Gasteiger partial charge in [0.05, 0.1) is 0 Å². The van der Waals surface area contributed by atoms with E-state index >= 15 is 0 Å². The van der Waals surface area contributed by atoms with Gasteiger partial charge in [-0.25, -0.2) is 0 Å². The summed E-state index contributed by atoms with van der Waals surface area (Å²) < 4.78 is 37.6. The predicted molar refractivity (Wildman–Crippen MR) is 120 cm³/mol. The highest BCUT2D eigenvalue weighted by molar-refractivity contribution is 7.86. The minimum Gasteiger partial charge on any atom is -0.506 e. The second-order valence-electron chi connectivity index (χ2n) is 7.79. The molecule has 0 unspecified atom stereocenters. The van der Waals surface area contributed by atoms with E-state index in [1.165, 1.54) is 75.5 Å². The molecule has 0 radical (unpaired) electrons. The van der Waals surface area contributed by atoms with E-state index < -0.39 is 20.8 Å². The largest absolute Gasteiger partial charge is 0.506 e. The quantitative estimate of drug-likeness (QED) is 0.250. The monoisotopic (exact) mass is 434 g/mol. The molecular weight excluding hydrogens is 400 g/mol. The highest BCUT2D eigenvalue weighted by Crippen LogP contribution is 2.30. The lowest BCUT2D eigenvalue weighted by Gasteiger charge is -2.09. The van der Waals surface area contributed by atoms with Crippen molar-refractivity contribution in [3.63, 3.8) is 0 Å². The van der Waals surface area contributed by atoms with Crippen LogP contribution in [0.4, 0.5) is 0 Å². The fraction of sp³-hybridized carbons (Fsp3) is 0.500. The van der Waals surface area contributed by atoms with Crippen molar-refractivity contribution < 1.29 is 22.8 Å². The normalized spacial score (nSPS) is 11.5. The molecule has 166 valence electrons. The van der Waals surface area contributed by atoms with E-state index in [4.69, 9.17) is 4.74 Å². The average Bonchev–Trinajstić information content (AvgIpc) is 2.70. The zero-order chi connectivity index (χ0) is 21.8. The number of hydrogen-bond acceptors (Lipinski definition) is 4. The van der Waals surface area contributed by atoms with Gasteiger partial charge in [-0.3, -0.25) is 4.55 Å². The van der Waals surface area contributed by atoms with Gasteiger partial charge in [0, 0.05) is 6.07 Å². The van der Waals surface area contributed by atoms with Crippen LogP contribution in [0.25, 0.3) is 0 Å². The van der Waals surface area contributed by atoms with Crippen molar-refractivity contribution >= 4 is 10.1 Å². The van der Waals surface area contributed by atoms with Crippen LogP contribution in [0.1, 0.15) is 76.7 Å². The Kier molecular flexibility index (Phi) is 10.2. The minimum absolute atomic E-state index is 0.233. The number of aryl methyl sites for hydroxylation is 1. The van der Waals surface area contributed by atoms with Crippen molar-refractivity contribution in [1.29, 1.82) is 0 Å². The number of aromatic hydroxyl groups is 1. The molecule has 0 aromatic heterocycles. The summed E-state index contributed by atoms with van der Waals surface area (Å²) in [6, 6.07) is 11.5. The van der Waals surface area contributed by atoms with E-state index in [9.17, 15) is 18.1 Å². The van der Waals surface area contributed by atoms with Gasteiger partial charge in [-0.2, -0.15) is 8.42 Å². The first-order valence-electron chi connectivity index (χ1n) is 11.0. The van der Waals surface area contributed by atoms with Gasteiger partial charge in [0.15, 0.2) is 0 Å². The molecule has 2 N–H and O–H groups in total. The molecule has 0 heterocycles. The van der Waals surface area contributed by atoms with Crippen LogP contribution >= 0.6 is 0 Å². The number of phenols is 1. The number of phenolic OH excluding ortho intramolecular Hbond substituents is 1. The van der Waals surface area contributed by atoms with Gasteiger partial charge >= 0.3 is 0 Å². The fourth-order valence-corrected chi connectivity index (χ4v) is 4.08. The summed E-state index contributed by atoms with van der Waals surface area (Å²) in [5.74, 6) is 0.308. The molecule has 2 rings (SSSR count). The SMILES string of the molecule is CCCCCCCCCCCCc1cccc(Oc2ccc(O)c(S(=O)(=O)O)c2)c1. The zero-order valence-electron chi connectivity index (χ0n) is 17.8. The first kappa shape index (κ1) is 24.2. The summed E-state index contributed by atoms with van der Waals surface area (Å²) in [7, 11) is -4.51. The van der Waals surface area contributed by atoms with Crippen LogP contribution in [0.2, 0.25) is 0 Å². The van der Waals surface area contributed by atoms with Crippen LogP contribution in [0.5, 0.6) is 17.2 Å². The smallest absolute Gasteiger partial charge is 0.298 e. The highest BCUT2D eigenvalue weighted by Gasteiger charge is 2.16. The van der Waals surface area contributed by atoms with E-state index in [-0.39, 0.29) is 5.75 Å². The third kappa shape index (κ3) is 8.76. The van der Waals surface area contributed by atoms with Crippen molar-refractivity contribution in [1.82, 2.24) is 0 Å². The Labute approximate surface area is 180 Å². The summed E-state index contributed by atoms with van der Waals surface area (Å²) in [5, 5.41) is 9.61. The van der Waals surface area contributed by atoms with Gasteiger partial charge in [-0.15, -0.1) is 0 Å². The van der Waals surface area contributed by atoms with Crippen molar-refractivity contribution in [2.24, 2.45) is 0 Å². The summed E-state index contributed by atoms with van der Waals surface area (Å²) in [6.07, 6.45) is 14.0. The zero-order valence-corrected chi connectivity index (χ0v) is 18.7. The van der Waals surface area contributed by atoms with Crippen molar-refractivity contribution in [3.05, 3.63) is 48.0 Å². The molecule has 2 aromatic rings. The maximum Gasteiger partial charge on any atom is 0.298 e. The Hall–Kier alpha value is -2.05. The number of rotatable bonds is 14. The molecule has 0 aliphatic heterocycles. The minimum atomic E-state index is -4.51. The lowest BCUT2D eigenvalue weighted by molar-refractivity contribution is 0.435. The number of unbranched alkanes of at least 4 members (excludes halogenated alkanes) is 9. The number of ether oxygens (including phenoxy) is 1. The lowest BCUT2D eigenvalue weighted by Crippen LogP contribution is -1.99. The van der Waals surface area contributed by atoms with Gasteiger partial charge < -0.3 is 9.84 Å². The van der Waals surface area contributed by atoms with Crippen molar-refractivity contribution in [3.8, 4) is 17.2 Å². The van der Waals surface area contributed by atoms with Crippen LogP contribution < -0.4 is 4.74 Å². The van der Waals surface area contributed by atoms with Crippen molar-refractivity contribution in [2.75, 3.05) is 0 Å². The Morgan fingerprint density at radius 2 is 1.40 bits per heavy atom. The topological polar surface area (TPSA) is 83.8 Å². The lowest BCUT2D eigenvalue weighted by atomic mass is 10.0. The van der Waals surface area contributed by atoms with Crippen LogP contribution in [0.3, 0.4) is 0 Å². The molecule has 0 fully saturated rings. The van der Waals surface area contributed by atoms with E-state index in [1.54, 1.807) is 6.07 Å². The Morgan fingerprint density at radius 3 is 2.03 bits per heavy atom. The second kappa shape index (κ2) is 12.6. The van der Waals surface area contributed by atoms with Gasteiger partial charge in [-0.05, 0) is 42.7 Å². The van der Waals surface area contributed by atoms with E-state index in [0.29, 0.717) is 5.75 Å². The van der Waals surface area contributed by atoms with Crippen LogP contribution in [0, 0.1) is 0 Å². The van der Waals surface area contributed by atoms with Crippen LogP contribution in [-0.4, -0.2) is 18.1 Å². The second-order valence-corrected chi connectivity index (χ2v) is 9.18. The molecule has 2 aromatic carbocycles. The van der Waals surface area contributed by atoms with E-state index in [0.717, 1.165) is 18.9 Å². The molecule has 0 amide bonds. The Bertz CT molecular complexity index is 877. The van der Waals surface area contributed by atoms with Crippen LogP contribution in [-0.2, 0) is 16.5 Å². The van der Waals surface area contributed by atoms with Crippen LogP contribution in [0.15, 0.2) is 47.4 Å². The van der Waals surface area contributed by atoms with Gasteiger partial charge in [0.1, 0.15) is 22.1 Å². The summed E-state index contributed by atoms with van der Waals surface area (Å²) in [4.78, 5) is -0.568. The molecule has 0 saturated carbocycles. The third-order valence-corrected chi connectivity index (χ3v) is 6.05. The molecule has 0 saturated heterocycles. The Balaban J connectivity index is 1.76. The molecule has 0 spiro atoms. The third-order valence-electron chi connectivity index (χ3n) is 5.16.